The van der Waals surface area contributed by atoms with Crippen LogP contribution in [0.4, 0.5) is 0 Å². The van der Waals surface area contributed by atoms with Crippen molar-refractivity contribution in [2.75, 3.05) is 32.7 Å². The molecule has 0 atom stereocenters. The van der Waals surface area contributed by atoms with Crippen molar-refractivity contribution in [2.24, 2.45) is 0 Å². The zero-order chi connectivity index (χ0) is 13.7. The monoisotopic (exact) mass is 266 g/mol. The third-order valence-corrected chi connectivity index (χ3v) is 3.52. The Labute approximate surface area is 113 Å². The number of aryl methyl sites for hydroxylation is 1. The Morgan fingerprint density at radius 1 is 1.32 bits per heavy atom. The van der Waals surface area contributed by atoms with Gasteiger partial charge in [0.1, 0.15) is 0 Å². The topological polar surface area (TPSA) is 61.6 Å². The van der Waals surface area contributed by atoms with Gasteiger partial charge in [0.05, 0.1) is 12.6 Å². The van der Waals surface area contributed by atoms with Gasteiger partial charge in [-0.3, -0.25) is 14.4 Å². The van der Waals surface area contributed by atoms with Crippen LogP contribution in [-0.4, -0.2) is 63.4 Å². The minimum absolute atomic E-state index is 0.239. The van der Waals surface area contributed by atoms with Crippen molar-refractivity contribution < 1.29 is 9.90 Å². The Hall–Kier alpha value is -1.40. The summed E-state index contributed by atoms with van der Waals surface area (Å²) in [5, 5.41) is 12.9. The van der Waals surface area contributed by atoms with Crippen LogP contribution in [0.2, 0.25) is 0 Å². The summed E-state index contributed by atoms with van der Waals surface area (Å²) in [4.78, 5) is 15.2. The van der Waals surface area contributed by atoms with Crippen molar-refractivity contribution in [1.29, 1.82) is 0 Å². The molecule has 0 saturated carbocycles. The van der Waals surface area contributed by atoms with Crippen molar-refractivity contribution in [2.45, 2.75) is 26.4 Å². The van der Waals surface area contributed by atoms with Crippen molar-refractivity contribution in [3.8, 4) is 0 Å². The predicted molar refractivity (Wildman–Crippen MR) is 71.9 cm³/mol. The molecule has 0 spiro atoms. The average molecular weight is 266 g/mol. The highest BCUT2D eigenvalue weighted by Crippen LogP contribution is 2.08. The normalized spacial score (nSPS) is 17.7. The van der Waals surface area contributed by atoms with Gasteiger partial charge < -0.3 is 10.0 Å². The molecule has 0 bridgehead atoms. The largest absolute Gasteiger partial charge is 0.481 e. The Morgan fingerprint density at radius 3 is 2.58 bits per heavy atom. The number of aromatic nitrogens is 2. The van der Waals surface area contributed by atoms with Crippen molar-refractivity contribution in [1.82, 2.24) is 19.6 Å². The van der Waals surface area contributed by atoms with Gasteiger partial charge >= 0.3 is 5.97 Å². The van der Waals surface area contributed by atoms with Crippen LogP contribution in [0.15, 0.2) is 12.4 Å². The molecule has 1 aliphatic heterocycles. The second kappa shape index (κ2) is 6.68. The molecule has 0 amide bonds. The van der Waals surface area contributed by atoms with Crippen LogP contribution in [-0.2, 0) is 17.9 Å². The van der Waals surface area contributed by atoms with Crippen LogP contribution in [0.25, 0.3) is 0 Å². The number of hydrogen-bond donors (Lipinski definition) is 1. The first kappa shape index (κ1) is 14.0. The van der Waals surface area contributed by atoms with Gasteiger partial charge in [-0.25, -0.2) is 0 Å². The molecular weight excluding hydrogens is 244 g/mol. The molecule has 1 saturated heterocycles. The van der Waals surface area contributed by atoms with E-state index in [1.54, 1.807) is 0 Å². The summed E-state index contributed by atoms with van der Waals surface area (Å²) in [6, 6.07) is 0. The molecule has 2 rings (SSSR count). The number of nitrogens with zero attached hydrogens (tertiary/aromatic N) is 4. The van der Waals surface area contributed by atoms with E-state index in [2.05, 4.69) is 28.0 Å². The van der Waals surface area contributed by atoms with Crippen molar-refractivity contribution in [3.05, 3.63) is 18.0 Å². The quantitative estimate of drug-likeness (QED) is 0.812. The highest BCUT2D eigenvalue weighted by Gasteiger charge is 2.17. The Kier molecular flexibility index (Phi) is 4.93. The maximum Gasteiger partial charge on any atom is 0.304 e. The molecule has 106 valence electrons. The summed E-state index contributed by atoms with van der Waals surface area (Å²) in [6.07, 6.45) is 4.26. The lowest BCUT2D eigenvalue weighted by atomic mass is 10.2. The fraction of sp³-hybridized carbons (Fsp3) is 0.692. The van der Waals surface area contributed by atoms with E-state index >= 15 is 0 Å². The molecule has 6 nitrogen and oxygen atoms in total. The van der Waals surface area contributed by atoms with Crippen molar-refractivity contribution >= 4 is 5.97 Å². The molecule has 1 aromatic rings. The molecule has 0 radical (unpaired) electrons. The highest BCUT2D eigenvalue weighted by atomic mass is 16.4. The molecule has 1 aliphatic rings. The fourth-order valence-electron chi connectivity index (χ4n) is 2.34. The van der Waals surface area contributed by atoms with E-state index in [0.29, 0.717) is 6.54 Å². The van der Waals surface area contributed by atoms with Crippen LogP contribution >= 0.6 is 0 Å². The second-order valence-corrected chi connectivity index (χ2v) is 4.97. The number of rotatable bonds is 6. The number of carbonyl (C=O) groups is 1. The van der Waals surface area contributed by atoms with Crippen LogP contribution < -0.4 is 0 Å². The first-order valence-corrected chi connectivity index (χ1v) is 6.85. The molecule has 0 unspecified atom stereocenters. The predicted octanol–water partition coefficient (Wildman–Crippen LogP) is 0.495. The third-order valence-electron chi connectivity index (χ3n) is 3.52. The van der Waals surface area contributed by atoms with Crippen LogP contribution in [0, 0.1) is 0 Å². The Morgan fingerprint density at radius 2 is 2.00 bits per heavy atom. The van der Waals surface area contributed by atoms with E-state index in [1.807, 2.05) is 10.9 Å². The summed E-state index contributed by atoms with van der Waals surface area (Å²) in [5.74, 6) is -0.714. The van der Waals surface area contributed by atoms with Gasteiger partial charge in [0.25, 0.3) is 0 Å². The van der Waals surface area contributed by atoms with E-state index in [0.717, 1.165) is 39.3 Å². The van der Waals surface area contributed by atoms with Gasteiger partial charge in [-0.1, -0.05) is 0 Å². The van der Waals surface area contributed by atoms with E-state index in [4.69, 9.17) is 5.11 Å². The molecule has 1 fully saturated rings. The maximum atomic E-state index is 10.5. The smallest absolute Gasteiger partial charge is 0.304 e. The van der Waals surface area contributed by atoms with Crippen molar-refractivity contribution in [3.63, 3.8) is 0 Å². The molecule has 1 aromatic heterocycles. The standard InChI is InChI=1S/C13H22N4O2/c1-2-17-11-12(9-14-17)10-16-7-5-15(6-8-16)4-3-13(18)19/h9,11H,2-8,10H2,1H3,(H,18,19). The minimum atomic E-state index is -0.714. The van der Waals surface area contributed by atoms with Gasteiger partial charge in [0.2, 0.25) is 0 Å². The lowest BCUT2D eigenvalue weighted by Crippen LogP contribution is -2.46. The van der Waals surface area contributed by atoms with Gasteiger partial charge in [0.15, 0.2) is 0 Å². The zero-order valence-corrected chi connectivity index (χ0v) is 11.5. The number of hydrogen-bond acceptors (Lipinski definition) is 4. The number of aliphatic carboxylic acids is 1. The summed E-state index contributed by atoms with van der Waals surface area (Å²) < 4.78 is 1.94. The second-order valence-electron chi connectivity index (χ2n) is 4.97. The molecule has 6 heteroatoms. The molecule has 0 aromatic carbocycles. The maximum absolute atomic E-state index is 10.5. The molecular formula is C13H22N4O2. The molecule has 2 heterocycles. The van der Waals surface area contributed by atoms with E-state index in [-0.39, 0.29) is 6.42 Å². The van der Waals surface area contributed by atoms with Gasteiger partial charge in [-0.15, -0.1) is 0 Å². The lowest BCUT2D eigenvalue weighted by molar-refractivity contribution is -0.137. The van der Waals surface area contributed by atoms with Gasteiger partial charge in [-0.05, 0) is 6.92 Å². The van der Waals surface area contributed by atoms with Crippen LogP contribution in [0.1, 0.15) is 18.9 Å². The van der Waals surface area contributed by atoms with E-state index in [1.165, 1.54) is 5.56 Å². The summed E-state index contributed by atoms with van der Waals surface area (Å²) in [7, 11) is 0. The number of piperazine rings is 1. The van der Waals surface area contributed by atoms with E-state index < -0.39 is 5.97 Å². The van der Waals surface area contributed by atoms with Crippen LogP contribution in [0.3, 0.4) is 0 Å². The minimum Gasteiger partial charge on any atom is -0.481 e. The van der Waals surface area contributed by atoms with E-state index in [9.17, 15) is 4.79 Å². The summed E-state index contributed by atoms with van der Waals surface area (Å²) in [5.41, 5.74) is 1.25. The first-order valence-electron chi connectivity index (χ1n) is 6.85. The molecule has 1 N–H and O–H groups in total. The zero-order valence-electron chi connectivity index (χ0n) is 11.5. The SMILES string of the molecule is CCn1cc(CN2CCN(CCC(=O)O)CC2)cn1. The fourth-order valence-corrected chi connectivity index (χ4v) is 2.34. The molecule has 0 aliphatic carbocycles. The summed E-state index contributed by atoms with van der Waals surface area (Å²) >= 11 is 0. The highest BCUT2D eigenvalue weighted by molar-refractivity contribution is 5.66. The summed E-state index contributed by atoms with van der Waals surface area (Å²) in [6.45, 7) is 8.49. The number of carboxylic acids is 1. The number of carboxylic acid groups (broad SMARTS) is 1. The first-order chi connectivity index (χ1) is 9.17. The Bertz CT molecular complexity index is 411. The van der Waals surface area contributed by atoms with Gasteiger partial charge in [0, 0.05) is 57.6 Å². The lowest BCUT2D eigenvalue weighted by Gasteiger charge is -2.34. The Balaban J connectivity index is 1.72. The third kappa shape index (κ3) is 4.33. The van der Waals surface area contributed by atoms with Crippen LogP contribution in [0.5, 0.6) is 0 Å². The average Bonchev–Trinajstić information content (AvgIpc) is 2.85. The molecule has 19 heavy (non-hydrogen) atoms. The van der Waals surface area contributed by atoms with Gasteiger partial charge in [-0.2, -0.15) is 5.10 Å².